The molecule has 0 radical (unpaired) electrons. The number of hydrogen-bond donors (Lipinski definition) is 1. The lowest BCUT2D eigenvalue weighted by atomic mass is 10.1. The molecule has 2 rings (SSSR count). The summed E-state index contributed by atoms with van der Waals surface area (Å²) >= 11 is 0. The van der Waals surface area contributed by atoms with E-state index in [9.17, 15) is 8.42 Å². The zero-order chi connectivity index (χ0) is 13.9. The maximum atomic E-state index is 11.9. The van der Waals surface area contributed by atoms with Gasteiger partial charge in [0.2, 0.25) is 0 Å². The molecule has 0 amide bonds. The van der Waals surface area contributed by atoms with Gasteiger partial charge in [0.1, 0.15) is 5.75 Å². The van der Waals surface area contributed by atoms with Crippen LogP contribution in [0.4, 0.5) is 0 Å². The van der Waals surface area contributed by atoms with Gasteiger partial charge in [-0.25, -0.2) is 8.42 Å². The van der Waals surface area contributed by atoms with E-state index in [0.29, 0.717) is 12.8 Å². The highest BCUT2D eigenvalue weighted by Crippen LogP contribution is 2.26. The Morgan fingerprint density at radius 2 is 2.16 bits per heavy atom. The topological polar surface area (TPSA) is 69.4 Å². The van der Waals surface area contributed by atoms with Gasteiger partial charge >= 0.3 is 0 Å². The third-order valence-corrected chi connectivity index (χ3v) is 5.02. The average Bonchev–Trinajstić information content (AvgIpc) is 2.81. The van der Waals surface area contributed by atoms with Crippen LogP contribution in [0.3, 0.4) is 0 Å². The normalized spacial score (nSPS) is 15.9. The molecule has 1 atom stereocenters. The Morgan fingerprint density at radius 1 is 1.37 bits per heavy atom. The fourth-order valence-corrected chi connectivity index (χ4v) is 3.62. The van der Waals surface area contributed by atoms with Gasteiger partial charge in [-0.2, -0.15) is 0 Å². The Kier molecular flexibility index (Phi) is 4.47. The first-order valence-corrected chi connectivity index (χ1v) is 8.49. The molecule has 0 aromatic heterocycles. The lowest BCUT2D eigenvalue weighted by Crippen LogP contribution is -2.22. The van der Waals surface area contributed by atoms with Gasteiger partial charge in [-0.3, -0.25) is 0 Å². The molecule has 5 heteroatoms. The van der Waals surface area contributed by atoms with E-state index in [-0.39, 0.29) is 17.5 Å². The van der Waals surface area contributed by atoms with Crippen LogP contribution in [0.2, 0.25) is 0 Å². The second kappa shape index (κ2) is 5.92. The molecule has 0 spiro atoms. The first-order chi connectivity index (χ1) is 8.96. The van der Waals surface area contributed by atoms with Gasteiger partial charge < -0.3 is 10.5 Å². The molecule has 0 fully saturated rings. The maximum absolute atomic E-state index is 11.9. The second-order valence-electron chi connectivity index (χ2n) is 5.21. The fourth-order valence-electron chi connectivity index (χ4n) is 2.14. The summed E-state index contributed by atoms with van der Waals surface area (Å²) in [6, 6.07) is 5.88. The van der Waals surface area contributed by atoms with E-state index in [1.807, 2.05) is 19.1 Å². The summed E-state index contributed by atoms with van der Waals surface area (Å²) in [5.41, 5.74) is 7.84. The highest BCUT2D eigenvalue weighted by atomic mass is 32.2. The Morgan fingerprint density at radius 3 is 2.89 bits per heavy atom. The smallest absolute Gasteiger partial charge is 0.150 e. The molecular formula is C14H21NO3S. The first-order valence-electron chi connectivity index (χ1n) is 6.67. The highest BCUT2D eigenvalue weighted by molar-refractivity contribution is 7.91. The lowest BCUT2D eigenvalue weighted by molar-refractivity contribution is 0.357. The van der Waals surface area contributed by atoms with Crippen LogP contribution in [0, 0.1) is 0 Å². The molecule has 0 aliphatic carbocycles. The van der Waals surface area contributed by atoms with Gasteiger partial charge in [0, 0.05) is 12.5 Å². The van der Waals surface area contributed by atoms with Crippen molar-refractivity contribution < 1.29 is 13.2 Å². The van der Waals surface area contributed by atoms with Gasteiger partial charge in [-0.15, -0.1) is 0 Å². The van der Waals surface area contributed by atoms with Gasteiger partial charge in [0.05, 0.1) is 18.1 Å². The third kappa shape index (κ3) is 4.21. The monoisotopic (exact) mass is 283 g/mol. The minimum absolute atomic E-state index is 0.0630. The molecule has 1 aromatic rings. The number of fused-ring (bicyclic) bond motifs is 1. The van der Waals surface area contributed by atoms with Crippen LogP contribution >= 0.6 is 0 Å². The van der Waals surface area contributed by atoms with Gasteiger partial charge in [0.15, 0.2) is 9.84 Å². The van der Waals surface area contributed by atoms with Crippen molar-refractivity contribution in [1.29, 1.82) is 0 Å². The van der Waals surface area contributed by atoms with Crippen LogP contribution in [0.15, 0.2) is 18.2 Å². The minimum Gasteiger partial charge on any atom is -0.493 e. The molecule has 19 heavy (non-hydrogen) atoms. The lowest BCUT2D eigenvalue weighted by Gasteiger charge is -2.07. The highest BCUT2D eigenvalue weighted by Gasteiger charge is 2.15. The molecule has 1 aromatic carbocycles. The average molecular weight is 283 g/mol. The third-order valence-electron chi connectivity index (χ3n) is 3.34. The number of ether oxygens (including phenoxy) is 1. The quantitative estimate of drug-likeness (QED) is 0.855. The number of benzene rings is 1. The van der Waals surface area contributed by atoms with Crippen molar-refractivity contribution in [1.82, 2.24) is 0 Å². The number of rotatable bonds is 6. The van der Waals surface area contributed by atoms with Crippen molar-refractivity contribution in [3.05, 3.63) is 29.3 Å². The van der Waals surface area contributed by atoms with E-state index < -0.39 is 9.84 Å². The van der Waals surface area contributed by atoms with Crippen molar-refractivity contribution in [3.63, 3.8) is 0 Å². The molecule has 1 unspecified atom stereocenters. The molecule has 0 saturated carbocycles. The van der Waals surface area contributed by atoms with E-state index in [0.717, 1.165) is 24.3 Å². The minimum atomic E-state index is -3.00. The summed E-state index contributed by atoms with van der Waals surface area (Å²) in [7, 11) is -3.00. The van der Waals surface area contributed by atoms with Crippen LogP contribution in [0.25, 0.3) is 0 Å². The van der Waals surface area contributed by atoms with Crippen LogP contribution in [0.5, 0.6) is 5.75 Å². The van der Waals surface area contributed by atoms with Crippen molar-refractivity contribution >= 4 is 9.84 Å². The van der Waals surface area contributed by atoms with Crippen molar-refractivity contribution in [2.45, 2.75) is 32.2 Å². The van der Waals surface area contributed by atoms with E-state index in [4.69, 9.17) is 10.5 Å². The van der Waals surface area contributed by atoms with Gasteiger partial charge in [-0.1, -0.05) is 12.1 Å². The summed E-state index contributed by atoms with van der Waals surface area (Å²) in [4.78, 5) is 0. The van der Waals surface area contributed by atoms with Crippen LogP contribution in [-0.4, -0.2) is 32.6 Å². The van der Waals surface area contributed by atoms with Crippen molar-refractivity contribution in [3.8, 4) is 5.75 Å². The molecule has 0 bridgehead atoms. The van der Waals surface area contributed by atoms with E-state index in [1.54, 1.807) is 0 Å². The van der Waals surface area contributed by atoms with Crippen LogP contribution in [-0.2, 0) is 22.7 Å². The molecular weight excluding hydrogens is 262 g/mol. The largest absolute Gasteiger partial charge is 0.493 e. The summed E-state index contributed by atoms with van der Waals surface area (Å²) in [6.45, 7) is 2.56. The molecule has 106 valence electrons. The standard InChI is InChI=1S/C14H21NO3S/c1-11(15)5-8-19(16,17)9-6-12-2-3-14-13(10-12)4-7-18-14/h2-3,10-11H,4-9,15H2,1H3. The van der Waals surface area contributed by atoms with E-state index in [2.05, 4.69) is 6.07 Å². The predicted molar refractivity (Wildman–Crippen MR) is 76.3 cm³/mol. The molecule has 1 aliphatic heterocycles. The van der Waals surface area contributed by atoms with Gasteiger partial charge in [-0.05, 0) is 37.0 Å². The van der Waals surface area contributed by atoms with Crippen LogP contribution < -0.4 is 10.5 Å². The van der Waals surface area contributed by atoms with Crippen LogP contribution in [0.1, 0.15) is 24.5 Å². The second-order valence-corrected chi connectivity index (χ2v) is 7.51. The zero-order valence-corrected chi connectivity index (χ0v) is 12.1. The van der Waals surface area contributed by atoms with Crippen molar-refractivity contribution in [2.75, 3.05) is 18.1 Å². The van der Waals surface area contributed by atoms with Crippen molar-refractivity contribution in [2.24, 2.45) is 5.73 Å². The summed E-state index contributed by atoms with van der Waals surface area (Å²) in [6.07, 6.45) is 2.01. The SMILES string of the molecule is CC(N)CCS(=O)(=O)CCc1ccc2c(c1)CCO2. The number of aryl methyl sites for hydroxylation is 1. The fraction of sp³-hybridized carbons (Fsp3) is 0.571. The van der Waals surface area contributed by atoms with E-state index in [1.165, 1.54) is 5.56 Å². The van der Waals surface area contributed by atoms with Gasteiger partial charge in [0.25, 0.3) is 0 Å². The molecule has 1 heterocycles. The number of hydrogen-bond acceptors (Lipinski definition) is 4. The summed E-state index contributed by atoms with van der Waals surface area (Å²) < 4.78 is 29.2. The Labute approximate surface area is 114 Å². The zero-order valence-electron chi connectivity index (χ0n) is 11.3. The first kappa shape index (κ1) is 14.3. The number of sulfone groups is 1. The molecule has 1 aliphatic rings. The summed E-state index contributed by atoms with van der Waals surface area (Å²) in [5.74, 6) is 1.31. The Bertz CT molecular complexity index is 538. The Hall–Kier alpha value is -1.07. The Balaban J connectivity index is 1.91. The molecule has 4 nitrogen and oxygen atoms in total. The molecule has 0 saturated heterocycles. The summed E-state index contributed by atoms with van der Waals surface area (Å²) in [5, 5.41) is 0. The maximum Gasteiger partial charge on any atom is 0.150 e. The van der Waals surface area contributed by atoms with E-state index >= 15 is 0 Å². The molecule has 2 N–H and O–H groups in total. The predicted octanol–water partition coefficient (Wildman–Crippen LogP) is 1.32. The number of nitrogens with two attached hydrogens (primary N) is 1.